The second-order valence-electron chi connectivity index (χ2n) is 4.83. The Balaban J connectivity index is 2.32. The van der Waals surface area contributed by atoms with Crippen LogP contribution in [0, 0.1) is 5.82 Å². The van der Waals surface area contributed by atoms with Crippen molar-refractivity contribution in [2.75, 3.05) is 6.79 Å². The van der Waals surface area contributed by atoms with E-state index >= 15 is 0 Å². The van der Waals surface area contributed by atoms with E-state index in [1.165, 1.54) is 6.07 Å². The van der Waals surface area contributed by atoms with Gasteiger partial charge >= 0.3 is 0 Å². The first-order chi connectivity index (χ1) is 7.46. The molecule has 0 saturated heterocycles. The van der Waals surface area contributed by atoms with E-state index in [2.05, 4.69) is 0 Å². The molecule has 0 bridgehead atoms. The Kier molecular flexibility index (Phi) is 2.86. The quantitative estimate of drug-likeness (QED) is 0.837. The lowest BCUT2D eigenvalue weighted by molar-refractivity contribution is -0.0166. The lowest BCUT2D eigenvalue weighted by Gasteiger charge is -2.22. The second kappa shape index (κ2) is 4.03. The fourth-order valence-corrected chi connectivity index (χ4v) is 1.77. The van der Waals surface area contributed by atoms with Crippen LogP contribution in [0.5, 0.6) is 5.75 Å². The van der Waals surface area contributed by atoms with Gasteiger partial charge < -0.3 is 15.2 Å². The number of rotatable bonds is 2. The van der Waals surface area contributed by atoms with E-state index in [1.54, 1.807) is 6.07 Å². The molecule has 2 N–H and O–H groups in total. The van der Waals surface area contributed by atoms with Crippen LogP contribution in [0.25, 0.3) is 0 Å². The third-order valence-electron chi connectivity index (χ3n) is 2.43. The van der Waals surface area contributed by atoms with Gasteiger partial charge in [-0.05, 0) is 38.0 Å². The van der Waals surface area contributed by atoms with Crippen molar-refractivity contribution in [3.8, 4) is 5.75 Å². The Bertz CT molecular complexity index is 399. The molecule has 0 aliphatic carbocycles. The van der Waals surface area contributed by atoms with Crippen LogP contribution >= 0.6 is 0 Å². The number of ether oxygens (including phenoxy) is 2. The van der Waals surface area contributed by atoms with Crippen LogP contribution in [0.2, 0.25) is 0 Å². The smallest absolute Gasteiger partial charge is 0.189 e. The van der Waals surface area contributed by atoms with Gasteiger partial charge in [-0.15, -0.1) is 0 Å². The molecule has 1 aromatic carbocycles. The third-order valence-corrected chi connectivity index (χ3v) is 2.43. The van der Waals surface area contributed by atoms with Crippen LogP contribution in [0.3, 0.4) is 0 Å². The monoisotopic (exact) mass is 225 g/mol. The molecule has 0 spiro atoms. The van der Waals surface area contributed by atoms with Crippen LogP contribution in [0.4, 0.5) is 4.39 Å². The summed E-state index contributed by atoms with van der Waals surface area (Å²) < 4.78 is 24.1. The van der Waals surface area contributed by atoms with Crippen LogP contribution in [-0.4, -0.2) is 12.3 Å². The van der Waals surface area contributed by atoms with Gasteiger partial charge in [-0.25, -0.2) is 4.39 Å². The SMILES string of the molecule is CC(C)(N)Cc1cc2c(cc1F)COCO2. The Morgan fingerprint density at radius 1 is 1.44 bits per heavy atom. The van der Waals surface area contributed by atoms with Gasteiger partial charge in [-0.1, -0.05) is 0 Å². The molecular weight excluding hydrogens is 209 g/mol. The highest BCUT2D eigenvalue weighted by Crippen LogP contribution is 2.28. The zero-order valence-corrected chi connectivity index (χ0v) is 9.55. The molecule has 3 nitrogen and oxygen atoms in total. The van der Waals surface area contributed by atoms with Gasteiger partial charge in [0.2, 0.25) is 0 Å². The van der Waals surface area contributed by atoms with E-state index in [-0.39, 0.29) is 12.6 Å². The average Bonchev–Trinajstić information content (AvgIpc) is 2.17. The molecule has 1 aromatic rings. The largest absolute Gasteiger partial charge is 0.467 e. The third kappa shape index (κ3) is 2.51. The zero-order valence-electron chi connectivity index (χ0n) is 9.55. The Labute approximate surface area is 94.3 Å². The fourth-order valence-electron chi connectivity index (χ4n) is 1.77. The first-order valence-electron chi connectivity index (χ1n) is 5.26. The van der Waals surface area contributed by atoms with Crippen LogP contribution in [0.15, 0.2) is 12.1 Å². The summed E-state index contributed by atoms with van der Waals surface area (Å²) in [5.74, 6) is 0.457. The molecule has 0 unspecified atom stereocenters. The van der Waals surface area contributed by atoms with Crippen molar-refractivity contribution < 1.29 is 13.9 Å². The Morgan fingerprint density at radius 3 is 2.88 bits per heavy atom. The molecule has 16 heavy (non-hydrogen) atoms. The van der Waals surface area contributed by atoms with E-state index in [9.17, 15) is 4.39 Å². The summed E-state index contributed by atoms with van der Waals surface area (Å²) in [4.78, 5) is 0. The maximum atomic E-state index is 13.7. The first kappa shape index (κ1) is 11.4. The van der Waals surface area contributed by atoms with Crippen molar-refractivity contribution >= 4 is 0 Å². The molecule has 0 fully saturated rings. The van der Waals surface area contributed by atoms with Gasteiger partial charge in [-0.3, -0.25) is 0 Å². The molecule has 0 aromatic heterocycles. The molecule has 4 heteroatoms. The first-order valence-corrected chi connectivity index (χ1v) is 5.26. The number of hydrogen-bond donors (Lipinski definition) is 1. The number of hydrogen-bond acceptors (Lipinski definition) is 3. The van der Waals surface area contributed by atoms with E-state index in [1.807, 2.05) is 13.8 Å². The van der Waals surface area contributed by atoms with E-state index < -0.39 is 5.54 Å². The molecule has 0 radical (unpaired) electrons. The Morgan fingerprint density at radius 2 is 2.19 bits per heavy atom. The molecular formula is C12H16FNO2. The highest BCUT2D eigenvalue weighted by Gasteiger charge is 2.19. The summed E-state index contributed by atoms with van der Waals surface area (Å²) in [6.07, 6.45) is 0.482. The summed E-state index contributed by atoms with van der Waals surface area (Å²) in [5.41, 5.74) is 6.79. The normalized spacial score (nSPS) is 15.5. The maximum absolute atomic E-state index is 13.7. The van der Waals surface area contributed by atoms with Crippen LogP contribution in [0.1, 0.15) is 25.0 Å². The summed E-state index contributed by atoms with van der Waals surface area (Å²) in [7, 11) is 0. The van der Waals surface area contributed by atoms with Gasteiger partial charge in [0.25, 0.3) is 0 Å². The van der Waals surface area contributed by atoms with Gasteiger partial charge in [0.1, 0.15) is 11.6 Å². The van der Waals surface area contributed by atoms with Crippen molar-refractivity contribution in [2.24, 2.45) is 5.73 Å². The minimum atomic E-state index is -0.430. The molecule has 0 amide bonds. The van der Waals surface area contributed by atoms with Crippen LogP contribution in [-0.2, 0) is 17.8 Å². The molecule has 1 aliphatic rings. The van der Waals surface area contributed by atoms with Crippen LogP contribution < -0.4 is 10.5 Å². The van der Waals surface area contributed by atoms with Gasteiger partial charge in [0, 0.05) is 11.1 Å². The summed E-state index contributed by atoms with van der Waals surface area (Å²) in [5, 5.41) is 0. The van der Waals surface area contributed by atoms with Crippen molar-refractivity contribution in [1.29, 1.82) is 0 Å². The van der Waals surface area contributed by atoms with Crippen molar-refractivity contribution in [3.63, 3.8) is 0 Å². The molecule has 0 atom stereocenters. The second-order valence-corrected chi connectivity index (χ2v) is 4.83. The number of nitrogens with two attached hydrogens (primary N) is 1. The van der Waals surface area contributed by atoms with Gasteiger partial charge in [-0.2, -0.15) is 0 Å². The van der Waals surface area contributed by atoms with E-state index in [4.69, 9.17) is 15.2 Å². The summed E-state index contributed by atoms with van der Waals surface area (Å²) in [6.45, 7) is 4.37. The molecule has 88 valence electrons. The fraction of sp³-hybridized carbons (Fsp3) is 0.500. The van der Waals surface area contributed by atoms with E-state index in [0.717, 1.165) is 5.56 Å². The lowest BCUT2D eigenvalue weighted by atomic mass is 9.95. The molecule has 1 heterocycles. The summed E-state index contributed by atoms with van der Waals surface area (Å²) in [6, 6.07) is 3.19. The predicted molar refractivity (Wildman–Crippen MR) is 58.7 cm³/mol. The van der Waals surface area contributed by atoms with Crippen molar-refractivity contribution in [2.45, 2.75) is 32.4 Å². The number of halogens is 1. The lowest BCUT2D eigenvalue weighted by Crippen LogP contribution is -2.34. The molecule has 2 rings (SSSR count). The standard InChI is InChI=1S/C12H16FNO2/c1-12(2,14)5-8-4-11-9(3-10(8)13)6-15-7-16-11/h3-4H,5-7,14H2,1-2H3. The van der Waals surface area contributed by atoms with Gasteiger partial charge in [0.15, 0.2) is 6.79 Å². The minimum absolute atomic E-state index is 0.226. The van der Waals surface area contributed by atoms with Crippen molar-refractivity contribution in [1.82, 2.24) is 0 Å². The van der Waals surface area contributed by atoms with Crippen molar-refractivity contribution in [3.05, 3.63) is 29.1 Å². The maximum Gasteiger partial charge on any atom is 0.189 e. The minimum Gasteiger partial charge on any atom is -0.467 e. The summed E-state index contributed by atoms with van der Waals surface area (Å²) >= 11 is 0. The van der Waals surface area contributed by atoms with Gasteiger partial charge in [0.05, 0.1) is 6.61 Å². The van der Waals surface area contributed by atoms with E-state index in [0.29, 0.717) is 24.3 Å². The zero-order chi connectivity index (χ0) is 11.8. The average molecular weight is 225 g/mol. The highest BCUT2D eigenvalue weighted by molar-refractivity contribution is 5.39. The number of fused-ring (bicyclic) bond motifs is 1. The molecule has 0 saturated carbocycles. The number of benzene rings is 1. The highest BCUT2D eigenvalue weighted by atomic mass is 19.1. The molecule has 1 aliphatic heterocycles. The Hall–Kier alpha value is -1.13. The topological polar surface area (TPSA) is 44.5 Å². The predicted octanol–water partition coefficient (Wildman–Crippen LogP) is 1.97.